The molecule has 0 fully saturated rings. The number of benzene rings is 1. The van der Waals surface area contributed by atoms with Gasteiger partial charge in [0.2, 0.25) is 5.89 Å². The summed E-state index contributed by atoms with van der Waals surface area (Å²) in [5, 5.41) is 7.64. The number of carbonyl (C=O) groups is 1. The molecular weight excluding hydrogens is 308 g/mol. The molecule has 0 unspecified atom stereocenters. The highest BCUT2D eigenvalue weighted by Crippen LogP contribution is 2.19. The number of fused-ring (bicyclic) bond motifs is 1. The van der Waals surface area contributed by atoms with Gasteiger partial charge in [0.25, 0.3) is 0 Å². The monoisotopic (exact) mass is 328 g/mol. The Kier molecular flexibility index (Phi) is 4.79. The lowest BCUT2D eigenvalue weighted by Gasteiger charge is -2.16. The van der Waals surface area contributed by atoms with Crippen molar-refractivity contribution in [1.29, 1.82) is 0 Å². The number of carbonyl (C=O) groups excluding carboxylic acids is 1. The molecule has 3 aromatic rings. The van der Waals surface area contributed by atoms with E-state index in [1.807, 2.05) is 30.3 Å². The summed E-state index contributed by atoms with van der Waals surface area (Å²) >= 11 is 0. The van der Waals surface area contributed by atoms with Gasteiger partial charge in [-0.05, 0) is 25.5 Å². The fraction of sp³-hybridized carbons (Fsp3) is 0.353. The van der Waals surface area contributed by atoms with Crippen molar-refractivity contribution in [2.24, 2.45) is 0 Å². The van der Waals surface area contributed by atoms with Crippen molar-refractivity contribution >= 4 is 17.0 Å². The van der Waals surface area contributed by atoms with Crippen LogP contribution in [-0.4, -0.2) is 34.7 Å². The second-order valence-electron chi connectivity index (χ2n) is 5.68. The molecule has 0 saturated heterocycles. The largest absolute Gasteiger partial charge is 0.459 e. The quantitative estimate of drug-likeness (QED) is 0.703. The molecule has 0 aliphatic heterocycles. The number of urea groups is 1. The molecule has 0 radical (unpaired) electrons. The highest BCUT2D eigenvalue weighted by molar-refractivity contribution is 5.78. The Morgan fingerprint density at radius 2 is 2.17 bits per heavy atom. The molecule has 2 amide bonds. The summed E-state index contributed by atoms with van der Waals surface area (Å²) in [6.45, 7) is 2.75. The van der Waals surface area contributed by atoms with Crippen molar-refractivity contribution in [3.63, 3.8) is 0 Å². The molecule has 1 aromatic carbocycles. The predicted molar refractivity (Wildman–Crippen MR) is 88.4 cm³/mol. The van der Waals surface area contributed by atoms with E-state index in [1.54, 1.807) is 18.9 Å². The second kappa shape index (κ2) is 7.16. The minimum atomic E-state index is -0.142. The summed E-state index contributed by atoms with van der Waals surface area (Å²) in [5.41, 5.74) is 0.830. The lowest BCUT2D eigenvalue weighted by molar-refractivity contribution is 0.203. The Morgan fingerprint density at radius 3 is 2.92 bits per heavy atom. The molecule has 7 nitrogen and oxygen atoms in total. The minimum Gasteiger partial charge on any atom is -0.459 e. The van der Waals surface area contributed by atoms with Crippen molar-refractivity contribution < 1.29 is 13.7 Å². The van der Waals surface area contributed by atoms with Crippen molar-refractivity contribution in [1.82, 2.24) is 20.4 Å². The topological polar surface area (TPSA) is 84.4 Å². The van der Waals surface area contributed by atoms with Crippen LogP contribution >= 0.6 is 0 Å². The molecule has 0 bridgehead atoms. The standard InChI is InChI=1S/C17H20N4O3/c1-12-19-16(24-20-12)8-5-9-18-17(22)21(2)11-14-10-13-6-3-4-7-15(13)23-14/h3-4,6-7,10H,5,8-9,11H2,1-2H3,(H,18,22). The number of nitrogens with zero attached hydrogens (tertiary/aromatic N) is 3. The summed E-state index contributed by atoms with van der Waals surface area (Å²) < 4.78 is 10.8. The van der Waals surface area contributed by atoms with Gasteiger partial charge in [0.1, 0.15) is 11.3 Å². The first-order chi connectivity index (χ1) is 11.6. The van der Waals surface area contributed by atoms with Gasteiger partial charge in [-0.1, -0.05) is 23.4 Å². The Labute approximate surface area is 139 Å². The third kappa shape index (κ3) is 3.92. The number of rotatable bonds is 6. The van der Waals surface area contributed by atoms with E-state index >= 15 is 0 Å². The maximum Gasteiger partial charge on any atom is 0.317 e. The van der Waals surface area contributed by atoms with Crippen molar-refractivity contribution in [2.75, 3.05) is 13.6 Å². The number of para-hydroxylation sites is 1. The van der Waals surface area contributed by atoms with Crippen LogP contribution in [0.5, 0.6) is 0 Å². The molecule has 1 N–H and O–H groups in total. The minimum absolute atomic E-state index is 0.142. The molecule has 24 heavy (non-hydrogen) atoms. The van der Waals surface area contributed by atoms with Crippen LogP contribution in [0.15, 0.2) is 39.3 Å². The Hall–Kier alpha value is -2.83. The van der Waals surface area contributed by atoms with Crippen molar-refractivity contribution in [2.45, 2.75) is 26.3 Å². The van der Waals surface area contributed by atoms with E-state index in [2.05, 4.69) is 15.5 Å². The Bertz CT molecular complexity index is 791. The van der Waals surface area contributed by atoms with Crippen LogP contribution in [0, 0.1) is 6.92 Å². The number of furan rings is 1. The predicted octanol–water partition coefficient (Wildman–Crippen LogP) is 2.90. The van der Waals surface area contributed by atoms with Gasteiger partial charge < -0.3 is 19.2 Å². The van der Waals surface area contributed by atoms with Gasteiger partial charge in [-0.2, -0.15) is 4.98 Å². The summed E-state index contributed by atoms with van der Waals surface area (Å²) in [7, 11) is 1.74. The third-order valence-electron chi connectivity index (χ3n) is 3.63. The first-order valence-corrected chi connectivity index (χ1v) is 7.87. The number of amides is 2. The summed E-state index contributed by atoms with van der Waals surface area (Å²) in [5.74, 6) is 1.98. The van der Waals surface area contributed by atoms with Gasteiger partial charge in [-0.15, -0.1) is 0 Å². The van der Waals surface area contributed by atoms with E-state index in [0.29, 0.717) is 31.2 Å². The van der Waals surface area contributed by atoms with Gasteiger partial charge in [0.15, 0.2) is 5.82 Å². The van der Waals surface area contributed by atoms with E-state index in [4.69, 9.17) is 8.94 Å². The molecule has 0 saturated carbocycles. The van der Waals surface area contributed by atoms with Crippen molar-refractivity contribution in [3.05, 3.63) is 47.8 Å². The second-order valence-corrected chi connectivity index (χ2v) is 5.68. The number of nitrogens with one attached hydrogen (secondary N) is 1. The molecule has 0 aliphatic carbocycles. The first-order valence-electron chi connectivity index (χ1n) is 7.87. The summed E-state index contributed by atoms with van der Waals surface area (Å²) in [6.07, 6.45) is 1.39. The van der Waals surface area contributed by atoms with E-state index in [0.717, 1.165) is 23.2 Å². The molecule has 0 atom stereocenters. The summed E-state index contributed by atoms with van der Waals surface area (Å²) in [6, 6.07) is 9.61. The Balaban J connectivity index is 1.44. The van der Waals surface area contributed by atoms with Crippen LogP contribution in [0.3, 0.4) is 0 Å². The maximum absolute atomic E-state index is 12.1. The molecule has 2 aromatic heterocycles. The van der Waals surface area contributed by atoms with Crippen LogP contribution in [0.2, 0.25) is 0 Å². The summed E-state index contributed by atoms with van der Waals surface area (Å²) in [4.78, 5) is 17.8. The highest BCUT2D eigenvalue weighted by Gasteiger charge is 2.12. The van der Waals surface area contributed by atoms with E-state index in [-0.39, 0.29) is 6.03 Å². The van der Waals surface area contributed by atoms with E-state index in [1.165, 1.54) is 0 Å². The zero-order chi connectivity index (χ0) is 16.9. The number of aromatic nitrogens is 2. The average molecular weight is 328 g/mol. The first kappa shape index (κ1) is 16.0. The third-order valence-corrected chi connectivity index (χ3v) is 3.63. The lowest BCUT2D eigenvalue weighted by atomic mass is 10.2. The maximum atomic E-state index is 12.1. The SMILES string of the molecule is Cc1noc(CCCNC(=O)N(C)Cc2cc3ccccc3o2)n1. The van der Waals surface area contributed by atoms with Crippen LogP contribution in [0.25, 0.3) is 11.0 Å². The van der Waals surface area contributed by atoms with Crippen LogP contribution in [-0.2, 0) is 13.0 Å². The van der Waals surface area contributed by atoms with Gasteiger partial charge in [-0.3, -0.25) is 0 Å². The van der Waals surface area contributed by atoms with Crippen LogP contribution in [0.4, 0.5) is 4.79 Å². The molecule has 3 rings (SSSR count). The normalized spacial score (nSPS) is 10.9. The fourth-order valence-corrected chi connectivity index (χ4v) is 2.43. The lowest BCUT2D eigenvalue weighted by Crippen LogP contribution is -2.37. The van der Waals surface area contributed by atoms with Gasteiger partial charge in [0.05, 0.1) is 6.54 Å². The highest BCUT2D eigenvalue weighted by atomic mass is 16.5. The molecule has 0 aliphatic rings. The molecule has 0 spiro atoms. The molecule has 7 heteroatoms. The average Bonchev–Trinajstić information content (AvgIpc) is 3.16. The Morgan fingerprint density at radius 1 is 1.33 bits per heavy atom. The van der Waals surface area contributed by atoms with Crippen LogP contribution < -0.4 is 5.32 Å². The van der Waals surface area contributed by atoms with Gasteiger partial charge in [-0.25, -0.2) is 4.79 Å². The molecule has 2 heterocycles. The van der Waals surface area contributed by atoms with Gasteiger partial charge >= 0.3 is 6.03 Å². The van der Waals surface area contributed by atoms with E-state index < -0.39 is 0 Å². The number of hydrogen-bond acceptors (Lipinski definition) is 5. The van der Waals surface area contributed by atoms with Gasteiger partial charge in [0, 0.05) is 25.4 Å². The number of aryl methyl sites for hydroxylation is 2. The number of hydrogen-bond donors (Lipinski definition) is 1. The zero-order valence-corrected chi connectivity index (χ0v) is 13.8. The smallest absolute Gasteiger partial charge is 0.317 e. The molecular formula is C17H20N4O3. The van der Waals surface area contributed by atoms with E-state index in [9.17, 15) is 4.79 Å². The molecule has 126 valence electrons. The zero-order valence-electron chi connectivity index (χ0n) is 13.8. The van der Waals surface area contributed by atoms with Crippen LogP contribution in [0.1, 0.15) is 23.9 Å². The van der Waals surface area contributed by atoms with Crippen molar-refractivity contribution in [3.8, 4) is 0 Å². The fourth-order valence-electron chi connectivity index (χ4n) is 2.43.